The molecule has 1 aromatic carbocycles. The number of amides is 2. The van der Waals surface area contributed by atoms with E-state index in [1.807, 2.05) is 0 Å². The standard InChI is InChI=1S/C21H28N2O4S/c1-3-20(24)23-12-10-16(11-13-23)21(25)22-17-9-8-15(2)19(14-17)28(26,27)18-6-4-5-7-18/h3,8-9,14,16,18H,1,4-7,10-13H2,2H3,(H,22,25). The summed E-state index contributed by atoms with van der Waals surface area (Å²) in [5.74, 6) is -0.428. The number of hydrogen-bond donors (Lipinski definition) is 1. The predicted octanol–water partition coefficient (Wildman–Crippen LogP) is 3.07. The van der Waals surface area contributed by atoms with Crippen molar-refractivity contribution in [3.05, 3.63) is 36.4 Å². The van der Waals surface area contributed by atoms with Crippen molar-refractivity contribution in [1.82, 2.24) is 4.90 Å². The number of sulfone groups is 1. The number of aryl methyl sites for hydroxylation is 1. The molecule has 2 amide bonds. The molecule has 1 aliphatic carbocycles. The van der Waals surface area contributed by atoms with E-state index in [2.05, 4.69) is 11.9 Å². The molecular weight excluding hydrogens is 376 g/mol. The van der Waals surface area contributed by atoms with Crippen molar-refractivity contribution in [3.63, 3.8) is 0 Å². The van der Waals surface area contributed by atoms with Crippen molar-refractivity contribution in [2.24, 2.45) is 5.92 Å². The van der Waals surface area contributed by atoms with E-state index in [9.17, 15) is 18.0 Å². The highest BCUT2D eigenvalue weighted by atomic mass is 32.2. The molecule has 152 valence electrons. The number of likely N-dealkylation sites (tertiary alicyclic amines) is 1. The second kappa shape index (κ2) is 8.47. The Labute approximate surface area is 166 Å². The molecule has 0 radical (unpaired) electrons. The molecule has 0 aromatic heterocycles. The lowest BCUT2D eigenvalue weighted by molar-refractivity contribution is -0.130. The van der Waals surface area contributed by atoms with Crippen LogP contribution in [0.15, 0.2) is 35.7 Å². The lowest BCUT2D eigenvalue weighted by atomic mass is 9.95. The summed E-state index contributed by atoms with van der Waals surface area (Å²) in [5.41, 5.74) is 1.22. The van der Waals surface area contributed by atoms with Crippen molar-refractivity contribution in [1.29, 1.82) is 0 Å². The predicted molar refractivity (Wildman–Crippen MR) is 109 cm³/mol. The molecule has 1 saturated heterocycles. The van der Waals surface area contributed by atoms with Crippen molar-refractivity contribution in [2.45, 2.75) is 55.6 Å². The van der Waals surface area contributed by atoms with Crippen molar-refractivity contribution >= 4 is 27.3 Å². The molecule has 6 nitrogen and oxygen atoms in total. The molecule has 28 heavy (non-hydrogen) atoms. The van der Waals surface area contributed by atoms with Gasteiger partial charge in [-0.25, -0.2) is 8.42 Å². The summed E-state index contributed by atoms with van der Waals surface area (Å²) in [6.45, 7) is 6.33. The highest BCUT2D eigenvalue weighted by molar-refractivity contribution is 7.92. The zero-order chi connectivity index (χ0) is 20.3. The van der Waals surface area contributed by atoms with Crippen LogP contribution in [0.2, 0.25) is 0 Å². The summed E-state index contributed by atoms with van der Waals surface area (Å²) < 4.78 is 25.9. The van der Waals surface area contributed by atoms with Gasteiger partial charge in [0, 0.05) is 24.7 Å². The number of rotatable bonds is 5. The number of hydrogen-bond acceptors (Lipinski definition) is 4. The molecule has 1 saturated carbocycles. The first-order chi connectivity index (χ1) is 13.3. The average Bonchev–Trinajstić information content (AvgIpc) is 3.24. The van der Waals surface area contributed by atoms with Crippen molar-refractivity contribution < 1.29 is 18.0 Å². The van der Waals surface area contributed by atoms with Gasteiger partial charge in [-0.2, -0.15) is 0 Å². The molecule has 1 aromatic rings. The van der Waals surface area contributed by atoms with E-state index in [0.717, 1.165) is 12.8 Å². The minimum absolute atomic E-state index is 0.112. The summed E-state index contributed by atoms with van der Waals surface area (Å²) in [6.07, 6.45) is 5.79. The SMILES string of the molecule is C=CC(=O)N1CCC(C(=O)Nc2ccc(C)c(S(=O)(=O)C3CCCC3)c2)CC1. The fourth-order valence-electron chi connectivity index (χ4n) is 4.10. The Morgan fingerprint density at radius 1 is 1.14 bits per heavy atom. The second-order valence-electron chi connectivity index (χ2n) is 7.72. The van der Waals surface area contributed by atoms with Crippen LogP contribution in [0.1, 0.15) is 44.1 Å². The highest BCUT2D eigenvalue weighted by Crippen LogP contribution is 2.32. The first kappa shape index (κ1) is 20.6. The van der Waals surface area contributed by atoms with Crippen molar-refractivity contribution in [3.8, 4) is 0 Å². The minimum atomic E-state index is -3.38. The summed E-state index contributed by atoms with van der Waals surface area (Å²) in [4.78, 5) is 26.3. The maximum atomic E-state index is 13.0. The van der Waals surface area contributed by atoms with Gasteiger partial charge in [-0.3, -0.25) is 9.59 Å². The van der Waals surface area contributed by atoms with Crippen LogP contribution in [0, 0.1) is 12.8 Å². The smallest absolute Gasteiger partial charge is 0.245 e. The quantitative estimate of drug-likeness (QED) is 0.765. The third-order valence-electron chi connectivity index (χ3n) is 5.86. The van der Waals surface area contributed by atoms with E-state index in [1.165, 1.54) is 6.08 Å². The van der Waals surface area contributed by atoms with E-state index in [1.54, 1.807) is 30.0 Å². The summed E-state index contributed by atoms with van der Waals surface area (Å²) in [7, 11) is -3.38. The molecule has 0 bridgehead atoms. The molecule has 0 atom stereocenters. The zero-order valence-corrected chi connectivity index (χ0v) is 17.1. The largest absolute Gasteiger partial charge is 0.339 e. The molecule has 1 heterocycles. The van der Waals surface area contributed by atoms with Crippen LogP contribution < -0.4 is 5.32 Å². The molecular formula is C21H28N2O4S. The Morgan fingerprint density at radius 2 is 1.79 bits per heavy atom. The summed E-state index contributed by atoms with van der Waals surface area (Å²) in [6, 6.07) is 5.09. The molecule has 2 aliphatic rings. The fraction of sp³-hybridized carbons (Fsp3) is 0.524. The Kier molecular flexibility index (Phi) is 6.23. The Bertz CT molecular complexity index is 864. The van der Waals surface area contributed by atoms with E-state index >= 15 is 0 Å². The first-order valence-corrected chi connectivity index (χ1v) is 11.4. The molecule has 2 fully saturated rings. The number of carbonyl (C=O) groups is 2. The molecule has 3 rings (SSSR count). The van der Waals surface area contributed by atoms with Gasteiger partial charge in [0.2, 0.25) is 11.8 Å². The number of piperidine rings is 1. The van der Waals surface area contributed by atoms with Crippen LogP contribution in [0.5, 0.6) is 0 Å². The highest BCUT2D eigenvalue weighted by Gasteiger charge is 2.32. The molecule has 1 aliphatic heterocycles. The van der Waals surface area contributed by atoms with Gasteiger partial charge in [0.05, 0.1) is 10.1 Å². The maximum Gasteiger partial charge on any atom is 0.245 e. The van der Waals surface area contributed by atoms with Gasteiger partial charge in [0.1, 0.15) is 0 Å². The monoisotopic (exact) mass is 404 g/mol. The number of benzene rings is 1. The van der Waals surface area contributed by atoms with Gasteiger partial charge in [0.25, 0.3) is 0 Å². The van der Waals surface area contributed by atoms with Crippen LogP contribution in [0.25, 0.3) is 0 Å². The maximum absolute atomic E-state index is 13.0. The molecule has 1 N–H and O–H groups in total. The van der Waals surface area contributed by atoms with Gasteiger partial charge in [-0.15, -0.1) is 0 Å². The Balaban J connectivity index is 1.69. The number of nitrogens with one attached hydrogen (secondary N) is 1. The molecule has 7 heteroatoms. The van der Waals surface area contributed by atoms with Gasteiger partial charge >= 0.3 is 0 Å². The van der Waals surface area contributed by atoms with E-state index in [0.29, 0.717) is 54.9 Å². The number of carbonyl (C=O) groups excluding carboxylic acids is 2. The Hall–Kier alpha value is -2.15. The van der Waals surface area contributed by atoms with Crippen LogP contribution in [-0.4, -0.2) is 43.5 Å². The zero-order valence-electron chi connectivity index (χ0n) is 16.3. The fourth-order valence-corrected chi connectivity index (χ4v) is 6.22. The lowest BCUT2D eigenvalue weighted by Gasteiger charge is -2.30. The average molecular weight is 405 g/mol. The van der Waals surface area contributed by atoms with Gasteiger partial charge in [-0.05, 0) is 56.4 Å². The van der Waals surface area contributed by atoms with Crippen molar-refractivity contribution in [2.75, 3.05) is 18.4 Å². The van der Waals surface area contributed by atoms with Gasteiger partial charge < -0.3 is 10.2 Å². The summed E-state index contributed by atoms with van der Waals surface area (Å²) >= 11 is 0. The molecule has 0 unspecified atom stereocenters. The second-order valence-corrected chi connectivity index (χ2v) is 9.92. The van der Waals surface area contributed by atoms with Crippen LogP contribution in [0.4, 0.5) is 5.69 Å². The Morgan fingerprint density at radius 3 is 2.39 bits per heavy atom. The van der Waals surface area contributed by atoms with Gasteiger partial charge in [0.15, 0.2) is 9.84 Å². The molecule has 0 spiro atoms. The third-order valence-corrected chi connectivity index (χ3v) is 8.26. The van der Waals surface area contributed by atoms with E-state index in [4.69, 9.17) is 0 Å². The number of anilines is 1. The van der Waals surface area contributed by atoms with Crippen LogP contribution in [-0.2, 0) is 19.4 Å². The minimum Gasteiger partial charge on any atom is -0.339 e. The van der Waals surface area contributed by atoms with Crippen LogP contribution >= 0.6 is 0 Å². The third kappa shape index (κ3) is 4.29. The van der Waals surface area contributed by atoms with E-state index < -0.39 is 9.84 Å². The number of nitrogens with zero attached hydrogens (tertiary/aromatic N) is 1. The van der Waals surface area contributed by atoms with Gasteiger partial charge in [-0.1, -0.05) is 25.5 Å². The topological polar surface area (TPSA) is 83.6 Å². The first-order valence-electron chi connectivity index (χ1n) is 9.89. The van der Waals surface area contributed by atoms with E-state index in [-0.39, 0.29) is 23.0 Å². The van der Waals surface area contributed by atoms with Crippen LogP contribution in [0.3, 0.4) is 0 Å². The normalized spacial score (nSPS) is 18.8. The summed E-state index contributed by atoms with van der Waals surface area (Å²) in [5, 5.41) is 2.56. The lowest BCUT2D eigenvalue weighted by Crippen LogP contribution is -2.40.